The van der Waals surface area contributed by atoms with E-state index >= 15 is 0 Å². The van der Waals surface area contributed by atoms with Crippen molar-refractivity contribution in [3.05, 3.63) is 29.8 Å². The summed E-state index contributed by atoms with van der Waals surface area (Å²) in [7, 11) is 0. The normalized spacial score (nSPS) is 11.5. The Hall–Kier alpha value is -0.960. The van der Waals surface area contributed by atoms with Crippen molar-refractivity contribution in [3.8, 4) is 0 Å². The molecule has 0 aliphatic heterocycles. The molecule has 0 aliphatic carbocycles. The van der Waals surface area contributed by atoms with Crippen molar-refractivity contribution in [1.29, 1.82) is 0 Å². The number of aryl methyl sites for hydroxylation is 1. The van der Waals surface area contributed by atoms with Crippen LogP contribution in [0, 0.1) is 6.92 Å². The summed E-state index contributed by atoms with van der Waals surface area (Å²) >= 11 is 1.50. The van der Waals surface area contributed by atoms with Crippen LogP contribution in [0.4, 0.5) is 0 Å². The summed E-state index contributed by atoms with van der Waals surface area (Å²) in [6.07, 6.45) is 3.22. The first-order valence-electron chi connectivity index (χ1n) is 6.53. The summed E-state index contributed by atoms with van der Waals surface area (Å²) in [5, 5.41) is 9.58. The minimum atomic E-state index is -0.684. The Bertz CT molecular complexity index is 378. The molecule has 0 bridgehead atoms. The number of carbonyl (C=O) groups is 1. The molecule has 0 aliphatic rings. The van der Waals surface area contributed by atoms with Crippen molar-refractivity contribution >= 4 is 17.7 Å². The number of carboxylic acid groups (broad SMARTS) is 1. The zero-order chi connectivity index (χ0) is 13.6. The molecule has 2 nitrogen and oxygen atoms in total. The van der Waals surface area contributed by atoms with Gasteiger partial charge in [0, 0.05) is 4.90 Å². The van der Waals surface area contributed by atoms with Crippen molar-refractivity contribution in [2.24, 2.45) is 0 Å². The summed E-state index contributed by atoms with van der Waals surface area (Å²) in [5.41, 5.74) is 1.20. The monoisotopic (exact) mass is 266 g/mol. The van der Waals surface area contributed by atoms with E-state index in [-0.39, 0.29) is 0 Å². The second-order valence-electron chi connectivity index (χ2n) is 4.71. The molecule has 1 aromatic carbocycles. The maximum atomic E-state index is 11.7. The lowest BCUT2D eigenvalue weighted by Gasteiger charge is -2.28. The highest BCUT2D eigenvalue weighted by Gasteiger charge is 2.37. The molecule has 3 heteroatoms. The minimum absolute atomic E-state index is 0.668. The van der Waals surface area contributed by atoms with E-state index in [4.69, 9.17) is 0 Å². The Balaban J connectivity index is 2.95. The summed E-state index contributed by atoms with van der Waals surface area (Å²) in [5.74, 6) is -0.684. The van der Waals surface area contributed by atoms with Gasteiger partial charge in [-0.15, -0.1) is 11.8 Å². The van der Waals surface area contributed by atoms with E-state index in [2.05, 4.69) is 0 Å². The molecule has 1 N–H and O–H groups in total. The largest absolute Gasteiger partial charge is 0.480 e. The van der Waals surface area contributed by atoms with Crippen LogP contribution in [0.15, 0.2) is 29.2 Å². The van der Waals surface area contributed by atoms with Gasteiger partial charge in [0.25, 0.3) is 0 Å². The van der Waals surface area contributed by atoms with Crippen LogP contribution in [0.5, 0.6) is 0 Å². The van der Waals surface area contributed by atoms with Crippen molar-refractivity contribution in [2.75, 3.05) is 0 Å². The number of aliphatic carboxylic acids is 1. The van der Waals surface area contributed by atoms with Gasteiger partial charge in [0.1, 0.15) is 4.75 Å². The Kier molecular flexibility index (Phi) is 5.73. The predicted octanol–water partition coefficient (Wildman–Crippen LogP) is 4.51. The molecule has 0 fully saturated rings. The zero-order valence-corrected chi connectivity index (χ0v) is 12.2. The van der Waals surface area contributed by atoms with Gasteiger partial charge in [-0.3, -0.25) is 4.79 Å². The van der Waals surface area contributed by atoms with Crippen LogP contribution < -0.4 is 0 Å². The average Bonchev–Trinajstić information content (AvgIpc) is 2.32. The molecule has 18 heavy (non-hydrogen) atoms. The first kappa shape index (κ1) is 15.1. The van der Waals surface area contributed by atoms with Crippen LogP contribution in [0.1, 0.15) is 45.1 Å². The van der Waals surface area contributed by atoms with Gasteiger partial charge >= 0.3 is 5.97 Å². The highest BCUT2D eigenvalue weighted by molar-refractivity contribution is 8.01. The van der Waals surface area contributed by atoms with Gasteiger partial charge in [0.2, 0.25) is 0 Å². The summed E-state index contributed by atoms with van der Waals surface area (Å²) in [4.78, 5) is 12.7. The zero-order valence-electron chi connectivity index (χ0n) is 11.4. The number of carboxylic acids is 1. The molecule has 1 aromatic rings. The van der Waals surface area contributed by atoms with Gasteiger partial charge < -0.3 is 5.11 Å². The predicted molar refractivity (Wildman–Crippen MR) is 77.2 cm³/mol. The number of benzene rings is 1. The fraction of sp³-hybridized carbons (Fsp3) is 0.533. The standard InChI is InChI=1S/C15H22O2S/c1-4-10-15(11-5-2,14(16)17)18-13-8-6-12(3)7-9-13/h6-9H,4-5,10-11H2,1-3H3,(H,16,17). The van der Waals surface area contributed by atoms with Crippen molar-refractivity contribution < 1.29 is 9.90 Å². The molecule has 100 valence electrons. The molecule has 1 rings (SSSR count). The Morgan fingerprint density at radius 3 is 2.06 bits per heavy atom. The topological polar surface area (TPSA) is 37.3 Å². The summed E-state index contributed by atoms with van der Waals surface area (Å²) < 4.78 is -0.668. The highest BCUT2D eigenvalue weighted by Crippen LogP contribution is 2.40. The third-order valence-corrected chi connectivity index (χ3v) is 4.51. The highest BCUT2D eigenvalue weighted by atomic mass is 32.2. The molecule has 0 amide bonds. The van der Waals surface area contributed by atoms with E-state index in [9.17, 15) is 9.90 Å². The lowest BCUT2D eigenvalue weighted by molar-refractivity contribution is -0.140. The Morgan fingerprint density at radius 1 is 1.17 bits per heavy atom. The second kappa shape index (κ2) is 6.83. The second-order valence-corrected chi connectivity index (χ2v) is 6.17. The van der Waals surface area contributed by atoms with Gasteiger partial charge in [0.05, 0.1) is 0 Å². The SMILES string of the molecule is CCCC(CCC)(Sc1ccc(C)cc1)C(=O)O. The molecule has 0 radical (unpaired) electrons. The smallest absolute Gasteiger partial charge is 0.320 e. The van der Waals surface area contributed by atoms with Gasteiger partial charge in [-0.2, -0.15) is 0 Å². The van der Waals surface area contributed by atoms with Gasteiger partial charge in [-0.1, -0.05) is 44.4 Å². The fourth-order valence-corrected chi connectivity index (χ4v) is 3.55. The van der Waals surface area contributed by atoms with Crippen LogP contribution in [-0.4, -0.2) is 15.8 Å². The molecule has 0 aromatic heterocycles. The van der Waals surface area contributed by atoms with Crippen LogP contribution in [0.2, 0.25) is 0 Å². The quantitative estimate of drug-likeness (QED) is 0.738. The maximum Gasteiger partial charge on any atom is 0.320 e. The molecule has 0 atom stereocenters. The summed E-state index contributed by atoms with van der Waals surface area (Å²) in [6, 6.07) is 8.10. The van der Waals surface area contributed by atoms with Gasteiger partial charge in [-0.25, -0.2) is 0 Å². The summed E-state index contributed by atoms with van der Waals surface area (Å²) in [6.45, 7) is 6.13. The maximum absolute atomic E-state index is 11.7. The van der Waals surface area contributed by atoms with Crippen molar-refractivity contribution in [3.63, 3.8) is 0 Å². The van der Waals surface area contributed by atoms with Crippen LogP contribution in [-0.2, 0) is 4.79 Å². The minimum Gasteiger partial charge on any atom is -0.480 e. The van der Waals surface area contributed by atoms with E-state index < -0.39 is 10.7 Å². The van der Waals surface area contributed by atoms with Gasteiger partial charge in [0.15, 0.2) is 0 Å². The first-order valence-corrected chi connectivity index (χ1v) is 7.35. The van der Waals surface area contributed by atoms with E-state index in [1.165, 1.54) is 17.3 Å². The third kappa shape index (κ3) is 3.77. The van der Waals surface area contributed by atoms with Gasteiger partial charge in [-0.05, 0) is 31.9 Å². The van der Waals surface area contributed by atoms with Crippen LogP contribution in [0.3, 0.4) is 0 Å². The average molecular weight is 266 g/mol. The number of thioether (sulfide) groups is 1. The number of hydrogen-bond acceptors (Lipinski definition) is 2. The first-order chi connectivity index (χ1) is 8.54. The molecule has 0 saturated heterocycles. The molecular formula is C15H22O2S. The van der Waals surface area contributed by atoms with E-state index in [1.54, 1.807) is 0 Å². The van der Waals surface area contributed by atoms with Crippen LogP contribution in [0.25, 0.3) is 0 Å². The van der Waals surface area contributed by atoms with Crippen molar-refractivity contribution in [2.45, 2.75) is 56.1 Å². The van der Waals surface area contributed by atoms with Crippen molar-refractivity contribution in [1.82, 2.24) is 0 Å². The van der Waals surface area contributed by atoms with Crippen LogP contribution >= 0.6 is 11.8 Å². The lowest BCUT2D eigenvalue weighted by atomic mass is 9.97. The Labute approximate surface area is 114 Å². The molecule has 0 saturated carbocycles. The fourth-order valence-electron chi connectivity index (χ4n) is 2.12. The Morgan fingerprint density at radius 2 is 1.67 bits per heavy atom. The third-order valence-electron chi connectivity index (χ3n) is 3.03. The van der Waals surface area contributed by atoms with E-state index in [0.29, 0.717) is 12.8 Å². The number of rotatable bonds is 7. The van der Waals surface area contributed by atoms with E-state index in [0.717, 1.165) is 17.7 Å². The molecule has 0 spiro atoms. The molecular weight excluding hydrogens is 244 g/mol. The molecule has 0 unspecified atom stereocenters. The number of hydrogen-bond donors (Lipinski definition) is 1. The van der Waals surface area contributed by atoms with E-state index in [1.807, 2.05) is 45.0 Å². The molecule has 0 heterocycles. The lowest BCUT2D eigenvalue weighted by Crippen LogP contribution is -2.34.